The van der Waals surface area contributed by atoms with Gasteiger partial charge in [0, 0.05) is 77.1 Å². The largest absolute Gasteiger partial charge is 0.512 e. The summed E-state index contributed by atoms with van der Waals surface area (Å²) in [6.07, 6.45) is 8.93. The number of hydrogen-bond donors (Lipinski definition) is 2. The van der Waals surface area contributed by atoms with Crippen LogP contribution in [-0.2, 0) is 36.7 Å². The second kappa shape index (κ2) is 18.1. The second-order valence-electron chi connectivity index (χ2n) is 16.6. The Labute approximate surface area is 338 Å². The van der Waals surface area contributed by atoms with Crippen molar-refractivity contribution in [2.24, 2.45) is 21.7 Å². The molecule has 0 spiro atoms. The van der Waals surface area contributed by atoms with Gasteiger partial charge in [0.15, 0.2) is 5.78 Å². The van der Waals surface area contributed by atoms with E-state index in [0.717, 1.165) is 94.5 Å². The van der Waals surface area contributed by atoms with Gasteiger partial charge in [-0.15, -0.1) is 41.8 Å². The molecule has 0 saturated heterocycles. The Morgan fingerprint density at radius 1 is 0.981 bits per heavy atom. The first-order valence-corrected chi connectivity index (χ1v) is 19.8. The van der Waals surface area contributed by atoms with Crippen LogP contribution in [0.1, 0.15) is 143 Å². The van der Waals surface area contributed by atoms with Crippen molar-refractivity contribution < 1.29 is 34.4 Å². The molecule has 4 aromatic rings. The van der Waals surface area contributed by atoms with Crippen LogP contribution in [0.15, 0.2) is 74.7 Å². The van der Waals surface area contributed by atoms with E-state index in [0.29, 0.717) is 5.92 Å². The summed E-state index contributed by atoms with van der Waals surface area (Å²) in [6.45, 7) is 26.3. The molecular formula is C47H62IrNO3S-. The van der Waals surface area contributed by atoms with E-state index in [9.17, 15) is 9.90 Å². The van der Waals surface area contributed by atoms with Crippen LogP contribution in [0, 0.1) is 22.8 Å². The van der Waals surface area contributed by atoms with Gasteiger partial charge >= 0.3 is 0 Å². The van der Waals surface area contributed by atoms with Crippen LogP contribution in [-0.4, -0.2) is 23.1 Å². The quantitative estimate of drug-likeness (QED) is 0.0682. The smallest absolute Gasteiger partial charge is 0.164 e. The van der Waals surface area contributed by atoms with Crippen molar-refractivity contribution >= 4 is 51.4 Å². The number of allylic oxidation sites excluding steroid dienone is 4. The molecule has 0 unspecified atom stereocenters. The molecule has 2 heterocycles. The number of aliphatic hydroxyl groups is 1. The summed E-state index contributed by atoms with van der Waals surface area (Å²) in [5.41, 5.74) is 7.15. The van der Waals surface area contributed by atoms with Crippen molar-refractivity contribution in [1.29, 1.82) is 0 Å². The minimum atomic E-state index is -0.337. The summed E-state index contributed by atoms with van der Waals surface area (Å²) < 4.78 is 6.44. The van der Waals surface area contributed by atoms with Crippen molar-refractivity contribution in [3.05, 3.63) is 94.5 Å². The monoisotopic (exact) mass is 913 g/mol. The maximum Gasteiger partial charge on any atom is 0.164 e. The number of carbonyl (C=O) groups is 1. The molecule has 53 heavy (non-hydrogen) atoms. The van der Waals surface area contributed by atoms with Crippen LogP contribution in [0.5, 0.6) is 0 Å². The average molecular weight is 913 g/mol. The molecule has 1 aromatic heterocycles. The van der Waals surface area contributed by atoms with Gasteiger partial charge in [-0.25, -0.2) is 0 Å². The number of carbonyl (C=O) groups excluding carboxylic acids is 1. The van der Waals surface area contributed by atoms with Crippen molar-refractivity contribution in [2.45, 2.75) is 132 Å². The number of rotatable bonds is 11. The first-order chi connectivity index (χ1) is 24.4. The predicted molar refractivity (Wildman–Crippen MR) is 225 cm³/mol. The molecule has 6 heteroatoms. The molecule has 5 rings (SSSR count). The number of benzene rings is 3. The van der Waals surface area contributed by atoms with Crippen LogP contribution in [0.4, 0.5) is 0 Å². The van der Waals surface area contributed by atoms with E-state index in [1.165, 1.54) is 22.6 Å². The summed E-state index contributed by atoms with van der Waals surface area (Å²) in [6, 6.07) is 18.7. The van der Waals surface area contributed by atoms with Crippen LogP contribution in [0.25, 0.3) is 27.3 Å². The molecule has 4 nitrogen and oxygen atoms in total. The van der Waals surface area contributed by atoms with Crippen LogP contribution in [0.2, 0.25) is 0 Å². The third kappa shape index (κ3) is 9.67. The maximum absolute atomic E-state index is 12.2. The average Bonchev–Trinajstić information content (AvgIpc) is 3.51. The standard InChI is InChI=1S/C32H34NOS.C15H28O2.Ir/c1-19(2)11-12-20(3)28-27(35)14-13-25-29(28)30-26(34-25)15-16-33-31(30)22-17-21-9-7-8-10-23(21)24(18-22)32(4,5)6;1-7-14(5,8-2)12(16)11-13(17)15(6,9-3)10-4;/h7-10,12-14,18-19,35H,11,15-16H2,1-6H3;11,16H,7-10H2,1-6H3;/q-1;;/b20-12+;12-11-;. The summed E-state index contributed by atoms with van der Waals surface area (Å²) in [4.78, 5) is 18.2. The third-order valence-electron chi connectivity index (χ3n) is 11.5. The number of furan rings is 1. The number of fused-ring (bicyclic) bond motifs is 4. The predicted octanol–water partition coefficient (Wildman–Crippen LogP) is 13.5. The molecule has 0 fully saturated rings. The zero-order chi connectivity index (χ0) is 38.6. The molecule has 0 aliphatic carbocycles. The van der Waals surface area contributed by atoms with E-state index in [4.69, 9.17) is 22.0 Å². The van der Waals surface area contributed by atoms with Gasteiger partial charge in [-0.2, -0.15) is 0 Å². The zero-order valence-corrected chi connectivity index (χ0v) is 37.5. The van der Waals surface area contributed by atoms with Crippen molar-refractivity contribution in [3.63, 3.8) is 0 Å². The number of aliphatic hydroxyl groups excluding tert-OH is 1. The van der Waals surface area contributed by atoms with E-state index in [1.54, 1.807) is 0 Å². The number of thiol groups is 1. The van der Waals surface area contributed by atoms with Gasteiger partial charge in [-0.05, 0) is 68.1 Å². The molecule has 289 valence electrons. The fourth-order valence-corrected chi connectivity index (χ4v) is 7.16. The van der Waals surface area contributed by atoms with Crippen LogP contribution >= 0.6 is 12.6 Å². The summed E-state index contributed by atoms with van der Waals surface area (Å²) in [5, 5.41) is 13.6. The van der Waals surface area contributed by atoms with Crippen molar-refractivity contribution in [3.8, 4) is 0 Å². The van der Waals surface area contributed by atoms with E-state index in [-0.39, 0.29) is 47.9 Å². The molecule has 0 bridgehead atoms. The van der Waals surface area contributed by atoms with E-state index < -0.39 is 0 Å². The molecule has 3 aromatic carbocycles. The van der Waals surface area contributed by atoms with E-state index in [2.05, 4.69) is 96.1 Å². The first kappa shape index (κ1) is 44.5. The summed E-state index contributed by atoms with van der Waals surface area (Å²) in [7, 11) is 0. The molecule has 1 N–H and O–H groups in total. The van der Waals surface area contributed by atoms with Crippen LogP contribution < -0.4 is 0 Å². The van der Waals surface area contributed by atoms with Gasteiger partial charge in [0.1, 0.15) is 17.1 Å². The van der Waals surface area contributed by atoms with Gasteiger partial charge in [-0.3, -0.25) is 4.79 Å². The summed E-state index contributed by atoms with van der Waals surface area (Å²) >= 11 is 4.89. The molecule has 1 radical (unpaired) electrons. The number of ketones is 1. The Balaban J connectivity index is 0.000000359. The Kier molecular flexibility index (Phi) is 15.2. The van der Waals surface area contributed by atoms with Gasteiger partial charge in [-0.1, -0.05) is 111 Å². The van der Waals surface area contributed by atoms with Gasteiger partial charge in [0.2, 0.25) is 0 Å². The van der Waals surface area contributed by atoms with Gasteiger partial charge in [0.05, 0.1) is 0 Å². The topological polar surface area (TPSA) is 62.8 Å². The molecule has 1 aliphatic rings. The summed E-state index contributed by atoms with van der Waals surface area (Å²) in [5.74, 6) is 1.90. The normalized spacial score (nSPS) is 14.1. The Morgan fingerprint density at radius 3 is 2.19 bits per heavy atom. The first-order valence-electron chi connectivity index (χ1n) is 19.3. The van der Waals surface area contributed by atoms with E-state index in [1.807, 2.05) is 41.5 Å². The van der Waals surface area contributed by atoms with Crippen molar-refractivity contribution in [1.82, 2.24) is 0 Å². The van der Waals surface area contributed by atoms with E-state index >= 15 is 0 Å². The van der Waals surface area contributed by atoms with Gasteiger partial charge < -0.3 is 14.5 Å². The minimum absolute atomic E-state index is 0. The Bertz CT molecular complexity index is 2000. The number of hydrogen-bond acceptors (Lipinski definition) is 5. The Morgan fingerprint density at radius 2 is 1.60 bits per heavy atom. The molecular weight excluding hydrogens is 851 g/mol. The zero-order valence-electron chi connectivity index (χ0n) is 34.2. The third-order valence-corrected chi connectivity index (χ3v) is 11.9. The number of nitrogens with zero attached hydrogens (tertiary/aromatic N) is 1. The SMILES string of the molecule is C/C(=C\CC(C)C)c1c(S)ccc2oc3c(c12)C(c1[c-]c2ccccc2c(C(C)(C)C)c1)=NCC3.CCC(C)(CC)C(=O)/C=C(\O)C(C)(CC)CC.[Ir]. The molecule has 0 saturated carbocycles. The Hall–Kier alpha value is -2.92. The van der Waals surface area contributed by atoms with Crippen molar-refractivity contribution in [2.75, 3.05) is 6.54 Å². The minimum Gasteiger partial charge on any atom is -0.512 e. The molecule has 1 aliphatic heterocycles. The molecule has 0 atom stereocenters. The van der Waals surface area contributed by atoms with Gasteiger partial charge in [0.25, 0.3) is 0 Å². The number of aliphatic imine (C=N–C) groups is 1. The fourth-order valence-electron chi connectivity index (χ4n) is 6.80. The maximum atomic E-state index is 12.2. The molecule has 0 amide bonds. The van der Waals surface area contributed by atoms with Crippen LogP contribution in [0.3, 0.4) is 0 Å². The second-order valence-corrected chi connectivity index (χ2v) is 17.0. The fraction of sp³-hybridized carbons (Fsp3) is 0.489.